The lowest BCUT2D eigenvalue weighted by Crippen LogP contribution is -1.98. The lowest BCUT2D eigenvalue weighted by atomic mass is 10.1. The van der Waals surface area contributed by atoms with E-state index in [9.17, 15) is 0 Å². The molecule has 0 fully saturated rings. The standard InChI is InChI=1S/C15H13N5/c16-12-5-3-10(4-6-12)13-8-14(20-15(17)19-13)11-2-1-7-18-9-11/h1-9H,16H2,(H2,17,19,20). The first-order valence-corrected chi connectivity index (χ1v) is 6.13. The molecule has 2 heterocycles. The molecule has 98 valence electrons. The van der Waals surface area contributed by atoms with Crippen LogP contribution in [0.4, 0.5) is 11.6 Å². The van der Waals surface area contributed by atoms with Crippen molar-refractivity contribution in [2.75, 3.05) is 11.5 Å². The third kappa shape index (κ3) is 2.42. The lowest BCUT2D eigenvalue weighted by molar-refractivity contribution is 1.19. The van der Waals surface area contributed by atoms with Crippen LogP contribution in [-0.4, -0.2) is 15.0 Å². The number of rotatable bonds is 2. The number of nitrogens with two attached hydrogens (primary N) is 2. The van der Waals surface area contributed by atoms with Crippen molar-refractivity contribution in [2.45, 2.75) is 0 Å². The van der Waals surface area contributed by atoms with E-state index < -0.39 is 0 Å². The number of nitrogen functional groups attached to an aromatic ring is 2. The van der Waals surface area contributed by atoms with Gasteiger partial charge in [-0.05, 0) is 30.3 Å². The molecular weight excluding hydrogens is 250 g/mol. The average Bonchev–Trinajstić information content (AvgIpc) is 2.48. The molecule has 0 aliphatic rings. The van der Waals surface area contributed by atoms with Crippen molar-refractivity contribution in [1.29, 1.82) is 0 Å². The second-order valence-electron chi connectivity index (χ2n) is 4.36. The van der Waals surface area contributed by atoms with Gasteiger partial charge in [-0.15, -0.1) is 0 Å². The summed E-state index contributed by atoms with van der Waals surface area (Å²) in [7, 11) is 0. The van der Waals surface area contributed by atoms with E-state index in [1.54, 1.807) is 12.4 Å². The molecule has 0 aliphatic carbocycles. The second kappa shape index (κ2) is 4.97. The lowest BCUT2D eigenvalue weighted by Gasteiger charge is -2.06. The molecule has 0 bridgehead atoms. The van der Waals surface area contributed by atoms with Gasteiger partial charge < -0.3 is 11.5 Å². The number of anilines is 2. The molecule has 3 rings (SSSR count). The normalized spacial score (nSPS) is 10.4. The summed E-state index contributed by atoms with van der Waals surface area (Å²) in [4.78, 5) is 12.6. The van der Waals surface area contributed by atoms with Crippen LogP contribution in [0.3, 0.4) is 0 Å². The fourth-order valence-electron chi connectivity index (χ4n) is 1.93. The van der Waals surface area contributed by atoms with Gasteiger partial charge in [-0.1, -0.05) is 12.1 Å². The van der Waals surface area contributed by atoms with Gasteiger partial charge in [0.15, 0.2) is 0 Å². The molecule has 2 aromatic heterocycles. The fourth-order valence-corrected chi connectivity index (χ4v) is 1.93. The molecule has 0 saturated heterocycles. The summed E-state index contributed by atoms with van der Waals surface area (Å²) >= 11 is 0. The van der Waals surface area contributed by atoms with Crippen LogP contribution >= 0.6 is 0 Å². The van der Waals surface area contributed by atoms with Gasteiger partial charge in [0.25, 0.3) is 0 Å². The van der Waals surface area contributed by atoms with Gasteiger partial charge in [-0.3, -0.25) is 4.98 Å². The number of benzene rings is 1. The summed E-state index contributed by atoms with van der Waals surface area (Å²) in [6.07, 6.45) is 3.46. The summed E-state index contributed by atoms with van der Waals surface area (Å²) in [6.45, 7) is 0. The topological polar surface area (TPSA) is 90.7 Å². The monoisotopic (exact) mass is 263 g/mol. The Morgan fingerprint density at radius 1 is 0.800 bits per heavy atom. The largest absolute Gasteiger partial charge is 0.399 e. The molecule has 1 aromatic carbocycles. The van der Waals surface area contributed by atoms with Crippen LogP contribution < -0.4 is 11.5 Å². The molecule has 0 atom stereocenters. The Kier molecular flexibility index (Phi) is 3.01. The molecule has 20 heavy (non-hydrogen) atoms. The van der Waals surface area contributed by atoms with Crippen LogP contribution in [0.5, 0.6) is 0 Å². The van der Waals surface area contributed by atoms with Gasteiger partial charge in [0, 0.05) is 29.2 Å². The number of nitrogens with zero attached hydrogens (tertiary/aromatic N) is 3. The number of pyridine rings is 1. The Morgan fingerprint density at radius 2 is 1.50 bits per heavy atom. The Hall–Kier alpha value is -2.95. The molecule has 4 N–H and O–H groups in total. The van der Waals surface area contributed by atoms with Crippen molar-refractivity contribution in [1.82, 2.24) is 15.0 Å². The maximum Gasteiger partial charge on any atom is 0.221 e. The molecule has 3 aromatic rings. The van der Waals surface area contributed by atoms with Gasteiger partial charge in [0.05, 0.1) is 11.4 Å². The highest BCUT2D eigenvalue weighted by atomic mass is 15.0. The van der Waals surface area contributed by atoms with Crippen LogP contribution in [0.25, 0.3) is 22.5 Å². The van der Waals surface area contributed by atoms with Gasteiger partial charge in [-0.2, -0.15) is 0 Å². The zero-order chi connectivity index (χ0) is 13.9. The highest BCUT2D eigenvalue weighted by Gasteiger charge is 2.06. The van der Waals surface area contributed by atoms with Crippen molar-refractivity contribution in [2.24, 2.45) is 0 Å². The van der Waals surface area contributed by atoms with E-state index >= 15 is 0 Å². The molecule has 0 amide bonds. The Morgan fingerprint density at radius 3 is 2.15 bits per heavy atom. The van der Waals surface area contributed by atoms with Crippen molar-refractivity contribution >= 4 is 11.6 Å². The molecular formula is C15H13N5. The van der Waals surface area contributed by atoms with Crippen LogP contribution in [0.15, 0.2) is 54.9 Å². The van der Waals surface area contributed by atoms with E-state index in [-0.39, 0.29) is 5.95 Å². The van der Waals surface area contributed by atoms with E-state index in [1.807, 2.05) is 42.5 Å². The summed E-state index contributed by atoms with van der Waals surface area (Å²) in [5.74, 6) is 0.234. The Labute approximate surface area is 116 Å². The average molecular weight is 263 g/mol. The quantitative estimate of drug-likeness (QED) is 0.693. The van der Waals surface area contributed by atoms with E-state index in [0.29, 0.717) is 5.69 Å². The third-order valence-electron chi connectivity index (χ3n) is 2.91. The summed E-state index contributed by atoms with van der Waals surface area (Å²) in [5, 5.41) is 0. The predicted molar refractivity (Wildman–Crippen MR) is 79.5 cm³/mol. The van der Waals surface area contributed by atoms with E-state index in [0.717, 1.165) is 22.5 Å². The SMILES string of the molecule is Nc1ccc(-c2cc(-c3cccnc3)nc(N)n2)cc1. The molecule has 0 aliphatic heterocycles. The maximum absolute atomic E-state index is 5.80. The van der Waals surface area contributed by atoms with Crippen molar-refractivity contribution < 1.29 is 0 Å². The first kappa shape index (κ1) is 12.1. The second-order valence-corrected chi connectivity index (χ2v) is 4.36. The van der Waals surface area contributed by atoms with Crippen molar-refractivity contribution in [3.8, 4) is 22.5 Å². The smallest absolute Gasteiger partial charge is 0.221 e. The Bertz CT molecular complexity index is 723. The first-order valence-electron chi connectivity index (χ1n) is 6.13. The fraction of sp³-hybridized carbons (Fsp3) is 0. The summed E-state index contributed by atoms with van der Waals surface area (Å²) in [6, 6.07) is 13.2. The summed E-state index contributed by atoms with van der Waals surface area (Å²) in [5.41, 5.74) is 15.6. The molecule has 0 radical (unpaired) electrons. The minimum Gasteiger partial charge on any atom is -0.399 e. The minimum atomic E-state index is 0.234. The first-order chi connectivity index (χ1) is 9.72. The minimum absolute atomic E-state index is 0.234. The highest BCUT2D eigenvalue weighted by Crippen LogP contribution is 2.24. The van der Waals surface area contributed by atoms with E-state index in [1.165, 1.54) is 0 Å². The summed E-state index contributed by atoms with van der Waals surface area (Å²) < 4.78 is 0. The predicted octanol–water partition coefficient (Wildman–Crippen LogP) is 2.37. The molecule has 0 saturated carbocycles. The van der Waals surface area contributed by atoms with Crippen LogP contribution in [0.2, 0.25) is 0 Å². The van der Waals surface area contributed by atoms with Gasteiger partial charge in [-0.25, -0.2) is 9.97 Å². The molecule has 5 nitrogen and oxygen atoms in total. The van der Waals surface area contributed by atoms with Crippen LogP contribution in [-0.2, 0) is 0 Å². The Balaban J connectivity index is 2.09. The van der Waals surface area contributed by atoms with E-state index in [2.05, 4.69) is 15.0 Å². The van der Waals surface area contributed by atoms with Crippen molar-refractivity contribution in [3.05, 3.63) is 54.9 Å². The number of hydrogen-bond acceptors (Lipinski definition) is 5. The molecule has 0 unspecified atom stereocenters. The van der Waals surface area contributed by atoms with Gasteiger partial charge >= 0.3 is 0 Å². The third-order valence-corrected chi connectivity index (χ3v) is 2.91. The highest BCUT2D eigenvalue weighted by molar-refractivity contribution is 5.69. The van der Waals surface area contributed by atoms with Crippen molar-refractivity contribution in [3.63, 3.8) is 0 Å². The number of hydrogen-bond donors (Lipinski definition) is 2. The number of aromatic nitrogens is 3. The van der Waals surface area contributed by atoms with Crippen LogP contribution in [0.1, 0.15) is 0 Å². The maximum atomic E-state index is 5.80. The van der Waals surface area contributed by atoms with Crippen LogP contribution in [0, 0.1) is 0 Å². The molecule has 5 heteroatoms. The zero-order valence-corrected chi connectivity index (χ0v) is 10.7. The van der Waals surface area contributed by atoms with Gasteiger partial charge in [0.1, 0.15) is 0 Å². The molecule has 0 spiro atoms. The van der Waals surface area contributed by atoms with Gasteiger partial charge in [0.2, 0.25) is 5.95 Å². The zero-order valence-electron chi connectivity index (χ0n) is 10.7. The van der Waals surface area contributed by atoms with E-state index in [4.69, 9.17) is 11.5 Å².